The predicted octanol–water partition coefficient (Wildman–Crippen LogP) is 4.63. The lowest BCUT2D eigenvalue weighted by atomic mass is 10.0. The van der Waals surface area contributed by atoms with Crippen LogP contribution < -0.4 is 5.32 Å². The molecule has 1 saturated heterocycles. The molecule has 4 rings (SSSR count). The summed E-state index contributed by atoms with van der Waals surface area (Å²) in [4.78, 5) is 18.9. The second kappa shape index (κ2) is 7.57. The minimum absolute atomic E-state index is 0.188. The highest BCUT2D eigenvalue weighted by atomic mass is 19.1. The summed E-state index contributed by atoms with van der Waals surface area (Å²) in [5.74, 6) is 0.467. The molecule has 2 heterocycles. The first-order chi connectivity index (χ1) is 13.2. The van der Waals surface area contributed by atoms with Gasteiger partial charge in [-0.15, -0.1) is 0 Å². The van der Waals surface area contributed by atoms with Crippen LogP contribution in [-0.2, 0) is 0 Å². The molecule has 6 nitrogen and oxygen atoms in total. The van der Waals surface area contributed by atoms with Crippen molar-refractivity contribution in [1.82, 2.24) is 15.0 Å². The van der Waals surface area contributed by atoms with Crippen molar-refractivity contribution in [1.29, 1.82) is 0 Å². The smallest absolute Gasteiger partial charge is 0.322 e. The molecular formula is C20H19FN4O2. The number of carbonyl (C=O) groups excluding carboxylic acids is 1. The molecule has 27 heavy (non-hydrogen) atoms. The fraction of sp³-hybridized carbons (Fsp3) is 0.250. The molecular weight excluding hydrogens is 347 g/mol. The molecule has 138 valence electrons. The van der Waals surface area contributed by atoms with Crippen molar-refractivity contribution in [3.8, 4) is 11.4 Å². The van der Waals surface area contributed by atoms with Crippen LogP contribution in [0.15, 0.2) is 59.1 Å². The van der Waals surface area contributed by atoms with Crippen molar-refractivity contribution in [3.05, 3.63) is 66.3 Å². The number of hydrogen-bond donors (Lipinski definition) is 1. The van der Waals surface area contributed by atoms with Crippen molar-refractivity contribution in [2.45, 2.75) is 25.3 Å². The van der Waals surface area contributed by atoms with E-state index in [9.17, 15) is 9.18 Å². The number of nitrogens with one attached hydrogen (secondary N) is 1. The molecule has 1 aromatic heterocycles. The number of halogens is 1. The lowest BCUT2D eigenvalue weighted by molar-refractivity contribution is 0.142. The van der Waals surface area contributed by atoms with E-state index >= 15 is 0 Å². The van der Waals surface area contributed by atoms with Crippen molar-refractivity contribution in [2.75, 3.05) is 11.9 Å². The Hall–Kier alpha value is -3.22. The molecule has 1 aliphatic heterocycles. The Morgan fingerprint density at radius 3 is 2.67 bits per heavy atom. The highest BCUT2D eigenvalue weighted by molar-refractivity contribution is 5.89. The van der Waals surface area contributed by atoms with E-state index in [0.29, 0.717) is 23.8 Å². The number of urea groups is 1. The minimum atomic E-state index is -0.321. The van der Waals surface area contributed by atoms with Crippen molar-refractivity contribution < 1.29 is 13.7 Å². The van der Waals surface area contributed by atoms with Gasteiger partial charge in [0, 0.05) is 17.8 Å². The van der Waals surface area contributed by atoms with Crippen LogP contribution in [0.4, 0.5) is 14.9 Å². The lowest BCUT2D eigenvalue weighted by Crippen LogP contribution is -2.41. The Bertz CT molecular complexity index is 911. The molecule has 0 aliphatic carbocycles. The summed E-state index contributed by atoms with van der Waals surface area (Å²) in [6, 6.07) is 14.8. The van der Waals surface area contributed by atoms with E-state index in [-0.39, 0.29) is 17.9 Å². The first-order valence-electron chi connectivity index (χ1n) is 8.93. The van der Waals surface area contributed by atoms with Gasteiger partial charge in [0.2, 0.25) is 11.7 Å². The fourth-order valence-corrected chi connectivity index (χ4v) is 3.23. The molecule has 0 unspecified atom stereocenters. The molecule has 0 saturated carbocycles. The van der Waals surface area contributed by atoms with E-state index in [2.05, 4.69) is 15.5 Å². The van der Waals surface area contributed by atoms with Crippen LogP contribution in [-0.4, -0.2) is 27.6 Å². The number of nitrogens with zero attached hydrogens (tertiary/aromatic N) is 3. The van der Waals surface area contributed by atoms with Gasteiger partial charge >= 0.3 is 6.03 Å². The van der Waals surface area contributed by atoms with Crippen LogP contribution >= 0.6 is 0 Å². The van der Waals surface area contributed by atoms with Gasteiger partial charge in [-0.3, -0.25) is 0 Å². The first-order valence-corrected chi connectivity index (χ1v) is 8.93. The van der Waals surface area contributed by atoms with Gasteiger partial charge in [0.05, 0.1) is 0 Å². The van der Waals surface area contributed by atoms with Gasteiger partial charge in [0.25, 0.3) is 0 Å². The fourth-order valence-electron chi connectivity index (χ4n) is 3.23. The zero-order chi connectivity index (χ0) is 18.6. The number of amides is 2. The van der Waals surface area contributed by atoms with E-state index in [1.807, 2.05) is 30.3 Å². The molecule has 0 bridgehead atoms. The van der Waals surface area contributed by atoms with Crippen LogP contribution in [0, 0.1) is 5.82 Å². The van der Waals surface area contributed by atoms with Crippen molar-refractivity contribution in [3.63, 3.8) is 0 Å². The summed E-state index contributed by atoms with van der Waals surface area (Å²) in [5.41, 5.74) is 1.41. The SMILES string of the molecule is O=C(Nc1ccccc1)N1CCCC[C@@H]1c1nc(-c2ccc(F)cc2)no1. The zero-order valence-corrected chi connectivity index (χ0v) is 14.6. The highest BCUT2D eigenvalue weighted by Gasteiger charge is 2.32. The van der Waals surface area contributed by atoms with Gasteiger partial charge in [-0.05, 0) is 55.7 Å². The number of carbonyl (C=O) groups is 1. The summed E-state index contributed by atoms with van der Waals surface area (Å²) in [6.45, 7) is 0.623. The largest absolute Gasteiger partial charge is 0.337 e. The van der Waals surface area contributed by atoms with E-state index in [1.165, 1.54) is 12.1 Å². The molecule has 1 N–H and O–H groups in total. The van der Waals surface area contributed by atoms with Crippen molar-refractivity contribution in [2.24, 2.45) is 0 Å². The van der Waals surface area contributed by atoms with Gasteiger partial charge in [0.15, 0.2) is 0 Å². The maximum Gasteiger partial charge on any atom is 0.322 e. The number of hydrogen-bond acceptors (Lipinski definition) is 4. The third kappa shape index (κ3) is 3.81. The van der Waals surface area contributed by atoms with Crippen LogP contribution in [0.2, 0.25) is 0 Å². The third-order valence-electron chi connectivity index (χ3n) is 4.62. The minimum Gasteiger partial charge on any atom is -0.337 e. The standard InChI is InChI=1S/C20H19FN4O2/c21-15-11-9-14(10-12-15)18-23-19(27-24-18)17-8-4-5-13-25(17)20(26)22-16-6-2-1-3-7-16/h1-3,6-7,9-12,17H,4-5,8,13H2,(H,22,26)/t17-/m1/s1. The number of aromatic nitrogens is 2. The van der Waals surface area contributed by atoms with Gasteiger partial charge in [-0.1, -0.05) is 23.4 Å². The summed E-state index contributed by atoms with van der Waals surface area (Å²) in [6.07, 6.45) is 2.67. The Morgan fingerprint density at radius 1 is 1.11 bits per heavy atom. The van der Waals surface area contributed by atoms with Crippen LogP contribution in [0.3, 0.4) is 0 Å². The van der Waals surface area contributed by atoms with E-state index in [4.69, 9.17) is 4.52 Å². The molecule has 0 radical (unpaired) electrons. The average Bonchev–Trinajstić information content (AvgIpc) is 3.19. The first kappa shape index (κ1) is 17.2. The number of anilines is 1. The van der Waals surface area contributed by atoms with Gasteiger partial charge < -0.3 is 14.7 Å². The van der Waals surface area contributed by atoms with Crippen LogP contribution in [0.5, 0.6) is 0 Å². The number of benzene rings is 2. The maximum atomic E-state index is 13.1. The monoisotopic (exact) mass is 366 g/mol. The number of piperidine rings is 1. The molecule has 0 spiro atoms. The normalized spacial score (nSPS) is 16.9. The van der Waals surface area contributed by atoms with Gasteiger partial charge in [0.1, 0.15) is 11.9 Å². The predicted molar refractivity (Wildman–Crippen MR) is 98.5 cm³/mol. The second-order valence-electron chi connectivity index (χ2n) is 6.46. The third-order valence-corrected chi connectivity index (χ3v) is 4.62. The highest BCUT2D eigenvalue weighted by Crippen LogP contribution is 2.31. The Kier molecular flexibility index (Phi) is 4.82. The number of rotatable bonds is 3. The summed E-state index contributed by atoms with van der Waals surface area (Å²) in [5, 5.41) is 6.91. The van der Waals surface area contributed by atoms with Gasteiger partial charge in [-0.2, -0.15) is 4.98 Å². The Labute approximate surface area is 156 Å². The number of para-hydroxylation sites is 1. The Morgan fingerprint density at radius 2 is 1.89 bits per heavy atom. The van der Waals surface area contributed by atoms with E-state index in [1.54, 1.807) is 17.0 Å². The average molecular weight is 366 g/mol. The van der Waals surface area contributed by atoms with Crippen molar-refractivity contribution >= 4 is 11.7 Å². The van der Waals surface area contributed by atoms with E-state index < -0.39 is 0 Å². The quantitative estimate of drug-likeness (QED) is 0.733. The van der Waals surface area contributed by atoms with E-state index in [0.717, 1.165) is 24.9 Å². The molecule has 2 aromatic carbocycles. The van der Waals surface area contributed by atoms with Gasteiger partial charge in [-0.25, -0.2) is 9.18 Å². The topological polar surface area (TPSA) is 71.3 Å². The number of likely N-dealkylation sites (tertiary alicyclic amines) is 1. The summed E-state index contributed by atoms with van der Waals surface area (Å²) < 4.78 is 18.5. The Balaban J connectivity index is 1.54. The molecule has 1 atom stereocenters. The molecule has 1 aliphatic rings. The maximum absolute atomic E-state index is 13.1. The molecule has 1 fully saturated rings. The lowest BCUT2D eigenvalue weighted by Gasteiger charge is -2.33. The summed E-state index contributed by atoms with van der Waals surface area (Å²) >= 11 is 0. The molecule has 7 heteroatoms. The zero-order valence-electron chi connectivity index (χ0n) is 14.6. The van der Waals surface area contributed by atoms with Crippen LogP contribution in [0.25, 0.3) is 11.4 Å². The summed E-state index contributed by atoms with van der Waals surface area (Å²) in [7, 11) is 0. The van der Waals surface area contributed by atoms with Crippen LogP contribution in [0.1, 0.15) is 31.2 Å². The molecule has 2 amide bonds. The molecule has 3 aromatic rings. The second-order valence-corrected chi connectivity index (χ2v) is 6.46.